The fourth-order valence-corrected chi connectivity index (χ4v) is 0.439. The Kier molecular flexibility index (Phi) is 2.64. The van der Waals surface area contributed by atoms with E-state index >= 15 is 0 Å². The number of carbonyl (C=O) groups excluding carboxylic acids is 1. The van der Waals surface area contributed by atoms with Crippen LogP contribution in [-0.2, 0) is 0 Å². The Morgan fingerprint density at radius 1 is 1.78 bits per heavy atom. The molecule has 0 bridgehead atoms. The second kappa shape index (κ2) is 3.02. The first kappa shape index (κ1) is 7.88. The van der Waals surface area contributed by atoms with E-state index in [0.717, 1.165) is 5.69 Å². The second-order valence-electron chi connectivity index (χ2n) is 1.49. The summed E-state index contributed by atoms with van der Waals surface area (Å²) in [4.78, 5) is 9.89. The van der Waals surface area contributed by atoms with E-state index in [9.17, 15) is 4.79 Å². The van der Waals surface area contributed by atoms with E-state index < -0.39 is 0 Å². The summed E-state index contributed by atoms with van der Waals surface area (Å²) in [5, 5.41) is 3.48. The minimum absolute atomic E-state index is 0. The summed E-state index contributed by atoms with van der Waals surface area (Å²) in [5.41, 5.74) is 0.729. The van der Waals surface area contributed by atoms with Gasteiger partial charge in [-0.15, -0.1) is 0 Å². The van der Waals surface area contributed by atoms with Gasteiger partial charge in [0.05, 0.1) is 5.69 Å². The van der Waals surface area contributed by atoms with Gasteiger partial charge in [0, 0.05) is 6.07 Å². The van der Waals surface area contributed by atoms with Crippen molar-refractivity contribution in [3.05, 3.63) is 17.5 Å². The van der Waals surface area contributed by atoms with Gasteiger partial charge in [-0.05, 0) is 6.92 Å². The van der Waals surface area contributed by atoms with Gasteiger partial charge in [0.25, 0.3) is 0 Å². The quantitative estimate of drug-likeness (QED) is 0.536. The van der Waals surface area contributed by atoms with Gasteiger partial charge in [-0.1, -0.05) is 12.6 Å². The largest absolute Gasteiger partial charge is 0.353 e. The highest BCUT2D eigenvalue weighted by Crippen LogP contribution is 1.96. The molecular weight excluding hydrogens is 118 g/mol. The molecule has 9 heavy (non-hydrogen) atoms. The van der Waals surface area contributed by atoms with Gasteiger partial charge in [-0.2, -0.15) is 0 Å². The third-order valence-corrected chi connectivity index (χ3v) is 0.762. The Morgan fingerprint density at radius 3 is 2.67 bits per heavy atom. The van der Waals surface area contributed by atoms with Crippen LogP contribution < -0.4 is 0 Å². The molecule has 50 valence electrons. The van der Waals surface area contributed by atoms with Gasteiger partial charge >= 0.3 is 0 Å². The lowest BCUT2D eigenvalue weighted by molar-refractivity contribution is 0.109. The Balaban J connectivity index is 0.000000640. The zero-order chi connectivity index (χ0) is 5.98. The van der Waals surface area contributed by atoms with E-state index in [1.54, 1.807) is 13.0 Å². The molecule has 0 amide bonds. The molecule has 0 aliphatic carbocycles. The molecule has 0 atom stereocenters. The van der Waals surface area contributed by atoms with Crippen molar-refractivity contribution in [3.63, 3.8) is 0 Å². The van der Waals surface area contributed by atoms with E-state index in [-0.39, 0.29) is 13.2 Å². The molecule has 1 aromatic rings. The molecule has 3 heteroatoms. The SMILES string of the molecule is C.Cc1cc(C=O)on1. The van der Waals surface area contributed by atoms with Crippen molar-refractivity contribution in [2.24, 2.45) is 0 Å². The predicted molar refractivity (Wildman–Crippen MR) is 33.4 cm³/mol. The molecule has 3 nitrogen and oxygen atoms in total. The number of rotatable bonds is 1. The summed E-state index contributed by atoms with van der Waals surface area (Å²) in [7, 11) is 0. The van der Waals surface area contributed by atoms with Crippen molar-refractivity contribution in [2.75, 3.05) is 0 Å². The third-order valence-electron chi connectivity index (χ3n) is 0.762. The van der Waals surface area contributed by atoms with Gasteiger partial charge in [0.1, 0.15) is 0 Å². The molecule has 0 radical (unpaired) electrons. The first-order chi connectivity index (χ1) is 3.83. The molecule has 0 aromatic carbocycles. The van der Waals surface area contributed by atoms with Crippen molar-refractivity contribution in [1.29, 1.82) is 0 Å². The summed E-state index contributed by atoms with van der Waals surface area (Å²) in [6.45, 7) is 1.76. The Hall–Kier alpha value is -1.12. The van der Waals surface area contributed by atoms with Crippen molar-refractivity contribution < 1.29 is 9.32 Å². The van der Waals surface area contributed by atoms with Crippen LogP contribution in [0.5, 0.6) is 0 Å². The molecule has 0 N–H and O–H groups in total. The molecule has 0 spiro atoms. The summed E-state index contributed by atoms with van der Waals surface area (Å²) < 4.78 is 4.50. The number of hydrogen-bond donors (Lipinski definition) is 0. The number of aldehydes is 1. The van der Waals surface area contributed by atoms with Crippen molar-refractivity contribution in [3.8, 4) is 0 Å². The van der Waals surface area contributed by atoms with Gasteiger partial charge in [-0.3, -0.25) is 4.79 Å². The van der Waals surface area contributed by atoms with Gasteiger partial charge in [0.15, 0.2) is 12.0 Å². The van der Waals surface area contributed by atoms with Crippen molar-refractivity contribution in [1.82, 2.24) is 5.16 Å². The zero-order valence-corrected chi connectivity index (χ0v) is 4.42. The maximum Gasteiger partial charge on any atom is 0.199 e. The Bertz CT molecular complexity index is 193. The highest BCUT2D eigenvalue weighted by molar-refractivity contribution is 5.70. The molecule has 1 rings (SSSR count). The lowest BCUT2D eigenvalue weighted by Gasteiger charge is -1.65. The van der Waals surface area contributed by atoms with E-state index in [1.807, 2.05) is 0 Å². The van der Waals surface area contributed by atoms with Crippen LogP contribution in [0.1, 0.15) is 23.7 Å². The number of aryl methyl sites for hydroxylation is 1. The zero-order valence-electron chi connectivity index (χ0n) is 4.42. The maximum atomic E-state index is 9.89. The third kappa shape index (κ3) is 1.68. The van der Waals surface area contributed by atoms with E-state index in [1.165, 1.54) is 0 Å². The molecule has 0 saturated heterocycles. The standard InChI is InChI=1S/C5H5NO2.CH4/c1-4-2-5(3-7)8-6-4;/h2-3H,1H3;1H4. The molecule has 0 fully saturated rings. The van der Waals surface area contributed by atoms with Gasteiger partial charge in [0.2, 0.25) is 0 Å². The topological polar surface area (TPSA) is 43.1 Å². The number of nitrogens with zero attached hydrogens (tertiary/aromatic N) is 1. The van der Waals surface area contributed by atoms with Crippen molar-refractivity contribution in [2.45, 2.75) is 14.4 Å². The van der Waals surface area contributed by atoms with Crippen LogP contribution >= 0.6 is 0 Å². The molecule has 1 heterocycles. The van der Waals surface area contributed by atoms with E-state index in [2.05, 4.69) is 9.68 Å². The Labute approximate surface area is 53.7 Å². The highest BCUT2D eigenvalue weighted by atomic mass is 16.5. The summed E-state index contributed by atoms with van der Waals surface area (Å²) in [6.07, 6.45) is 0.625. The summed E-state index contributed by atoms with van der Waals surface area (Å²) >= 11 is 0. The molecule has 1 aromatic heterocycles. The summed E-state index contributed by atoms with van der Waals surface area (Å²) in [5.74, 6) is 0.280. The number of carbonyl (C=O) groups is 1. The predicted octanol–water partition coefficient (Wildman–Crippen LogP) is 1.43. The van der Waals surface area contributed by atoms with E-state index in [4.69, 9.17) is 0 Å². The first-order valence-electron chi connectivity index (χ1n) is 2.21. The van der Waals surface area contributed by atoms with Gasteiger partial charge in [-0.25, -0.2) is 0 Å². The summed E-state index contributed by atoms with van der Waals surface area (Å²) in [6, 6.07) is 1.58. The fraction of sp³-hybridized carbons (Fsp3) is 0.333. The van der Waals surface area contributed by atoms with Crippen molar-refractivity contribution >= 4 is 6.29 Å². The van der Waals surface area contributed by atoms with Crippen LogP contribution in [0, 0.1) is 6.92 Å². The molecule has 0 aliphatic heterocycles. The minimum Gasteiger partial charge on any atom is -0.353 e. The molecule has 0 saturated carbocycles. The van der Waals surface area contributed by atoms with E-state index in [0.29, 0.717) is 6.29 Å². The second-order valence-corrected chi connectivity index (χ2v) is 1.49. The lowest BCUT2D eigenvalue weighted by atomic mass is 10.4. The molecule has 0 aliphatic rings. The van der Waals surface area contributed by atoms with Crippen LogP contribution in [-0.4, -0.2) is 11.4 Å². The molecular formula is C6H9NO2. The van der Waals surface area contributed by atoms with Crippen LogP contribution in [0.25, 0.3) is 0 Å². The average Bonchev–Trinajstić information content (AvgIpc) is 2.14. The van der Waals surface area contributed by atoms with Crippen LogP contribution in [0.3, 0.4) is 0 Å². The van der Waals surface area contributed by atoms with Crippen LogP contribution in [0.2, 0.25) is 0 Å². The normalized spacial score (nSPS) is 8.11. The monoisotopic (exact) mass is 127 g/mol. The Morgan fingerprint density at radius 2 is 2.44 bits per heavy atom. The molecule has 0 unspecified atom stereocenters. The number of aromatic nitrogens is 1. The van der Waals surface area contributed by atoms with Crippen LogP contribution in [0.15, 0.2) is 10.6 Å². The van der Waals surface area contributed by atoms with Crippen LogP contribution in [0.4, 0.5) is 0 Å². The highest BCUT2D eigenvalue weighted by Gasteiger charge is 1.94. The first-order valence-corrected chi connectivity index (χ1v) is 2.21. The number of hydrogen-bond acceptors (Lipinski definition) is 3. The lowest BCUT2D eigenvalue weighted by Crippen LogP contribution is -1.66. The maximum absolute atomic E-state index is 9.89. The smallest absolute Gasteiger partial charge is 0.199 e. The average molecular weight is 127 g/mol. The fourth-order valence-electron chi connectivity index (χ4n) is 0.439. The minimum atomic E-state index is 0. The van der Waals surface area contributed by atoms with Gasteiger partial charge < -0.3 is 4.52 Å².